The summed E-state index contributed by atoms with van der Waals surface area (Å²) in [5, 5.41) is 12.4. The van der Waals surface area contributed by atoms with Crippen molar-refractivity contribution in [3.63, 3.8) is 0 Å². The molecule has 1 atom stereocenters. The van der Waals surface area contributed by atoms with Gasteiger partial charge in [-0.1, -0.05) is 88.4 Å². The van der Waals surface area contributed by atoms with Crippen molar-refractivity contribution in [2.24, 2.45) is 0 Å². The zero-order valence-electron chi connectivity index (χ0n) is 25.0. The molecule has 216 valence electrons. The van der Waals surface area contributed by atoms with Crippen LogP contribution in [0.2, 0.25) is 0 Å². The van der Waals surface area contributed by atoms with E-state index in [1.807, 2.05) is 29.6 Å². The fraction of sp³-hybridized carbons (Fsp3) is 0.371. The maximum Gasteiger partial charge on any atom is 0.319 e. The highest BCUT2D eigenvalue weighted by molar-refractivity contribution is 7.09. The molecule has 1 aromatic heterocycles. The van der Waals surface area contributed by atoms with Crippen LogP contribution in [0.4, 0.5) is 10.5 Å². The van der Waals surface area contributed by atoms with Crippen LogP contribution < -0.4 is 16.0 Å². The van der Waals surface area contributed by atoms with Gasteiger partial charge in [0.1, 0.15) is 5.01 Å². The molecule has 4 aromatic rings. The van der Waals surface area contributed by atoms with Crippen molar-refractivity contribution in [1.82, 2.24) is 15.6 Å². The van der Waals surface area contributed by atoms with Crippen LogP contribution >= 0.6 is 11.3 Å². The van der Waals surface area contributed by atoms with Crippen molar-refractivity contribution in [3.05, 3.63) is 105 Å². The van der Waals surface area contributed by atoms with Crippen molar-refractivity contribution < 1.29 is 4.79 Å². The van der Waals surface area contributed by atoms with Gasteiger partial charge >= 0.3 is 6.03 Å². The summed E-state index contributed by atoms with van der Waals surface area (Å²) in [6, 6.07) is 25.9. The van der Waals surface area contributed by atoms with E-state index in [0.717, 1.165) is 34.9 Å². The number of rotatable bonds is 13. The molecule has 0 radical (unpaired) electrons. The highest BCUT2D eigenvalue weighted by Crippen LogP contribution is 2.24. The largest absolute Gasteiger partial charge is 0.331 e. The first kappa shape index (κ1) is 30.5. The summed E-state index contributed by atoms with van der Waals surface area (Å²) < 4.78 is 0. The van der Waals surface area contributed by atoms with Gasteiger partial charge < -0.3 is 16.0 Å². The number of hydrogen-bond donors (Lipinski definition) is 3. The highest BCUT2D eigenvalue weighted by atomic mass is 32.1. The fourth-order valence-corrected chi connectivity index (χ4v) is 5.75. The molecule has 0 aliphatic rings. The molecular weight excluding hydrogens is 524 g/mol. The number of nitrogens with zero attached hydrogens (tertiary/aromatic N) is 1. The number of amides is 2. The minimum atomic E-state index is -0.233. The topological polar surface area (TPSA) is 66.0 Å². The first-order valence-corrected chi connectivity index (χ1v) is 15.7. The summed E-state index contributed by atoms with van der Waals surface area (Å²) in [5.74, 6) is 1.13. The Labute approximate surface area is 249 Å². The molecule has 0 aliphatic heterocycles. The predicted octanol–water partition coefficient (Wildman–Crippen LogP) is 8.88. The van der Waals surface area contributed by atoms with E-state index in [2.05, 4.69) is 99.1 Å². The lowest BCUT2D eigenvalue weighted by molar-refractivity contribution is 0.251. The second-order valence-electron chi connectivity index (χ2n) is 11.1. The van der Waals surface area contributed by atoms with Gasteiger partial charge in [0.05, 0.1) is 12.2 Å². The van der Waals surface area contributed by atoms with Gasteiger partial charge in [0.15, 0.2) is 0 Å². The van der Waals surface area contributed by atoms with Crippen LogP contribution in [0.25, 0.3) is 11.3 Å². The quantitative estimate of drug-likeness (QED) is 0.151. The molecule has 41 heavy (non-hydrogen) atoms. The number of carbonyl (C=O) groups excluding carboxylic acids is 1. The third-order valence-electron chi connectivity index (χ3n) is 7.67. The summed E-state index contributed by atoms with van der Waals surface area (Å²) in [5.41, 5.74) is 8.12. The van der Waals surface area contributed by atoms with Gasteiger partial charge in [-0.15, -0.1) is 11.3 Å². The Bertz CT molecular complexity index is 1360. The van der Waals surface area contributed by atoms with E-state index in [9.17, 15) is 4.79 Å². The van der Waals surface area contributed by atoms with Crippen molar-refractivity contribution >= 4 is 23.1 Å². The summed E-state index contributed by atoms with van der Waals surface area (Å²) in [6.45, 7) is 12.3. The summed E-state index contributed by atoms with van der Waals surface area (Å²) >= 11 is 1.56. The zero-order valence-corrected chi connectivity index (χ0v) is 25.9. The minimum absolute atomic E-state index is 0.233. The van der Waals surface area contributed by atoms with Crippen LogP contribution in [0, 0.1) is 0 Å². The molecule has 1 unspecified atom stereocenters. The van der Waals surface area contributed by atoms with E-state index in [-0.39, 0.29) is 6.03 Å². The van der Waals surface area contributed by atoms with Gasteiger partial charge in [-0.2, -0.15) is 0 Å². The van der Waals surface area contributed by atoms with Crippen molar-refractivity contribution in [3.8, 4) is 11.3 Å². The first-order chi connectivity index (χ1) is 19.8. The number of carbonyl (C=O) groups is 1. The minimum Gasteiger partial charge on any atom is -0.331 e. The summed E-state index contributed by atoms with van der Waals surface area (Å²) in [6.07, 6.45) is 3.40. The molecular formula is C35H44N4OS. The first-order valence-electron chi connectivity index (χ1n) is 14.8. The highest BCUT2D eigenvalue weighted by Gasteiger charge is 2.10. The molecule has 0 saturated carbocycles. The molecule has 2 amide bonds. The Kier molecular flexibility index (Phi) is 11.1. The molecule has 0 fully saturated rings. The normalized spacial score (nSPS) is 12.1. The van der Waals surface area contributed by atoms with Crippen LogP contribution in [0.5, 0.6) is 0 Å². The van der Waals surface area contributed by atoms with Crippen LogP contribution in [-0.2, 0) is 19.5 Å². The monoisotopic (exact) mass is 568 g/mol. The fourth-order valence-electron chi connectivity index (χ4n) is 5.00. The number of benzene rings is 3. The number of aromatic nitrogens is 1. The maximum absolute atomic E-state index is 12.3. The van der Waals surface area contributed by atoms with E-state index in [1.54, 1.807) is 11.3 Å². The maximum atomic E-state index is 12.3. The second-order valence-corrected chi connectivity index (χ2v) is 12.1. The lowest BCUT2D eigenvalue weighted by Crippen LogP contribution is -2.28. The third-order valence-corrected chi connectivity index (χ3v) is 8.52. The van der Waals surface area contributed by atoms with E-state index >= 15 is 0 Å². The Morgan fingerprint density at radius 2 is 1.44 bits per heavy atom. The van der Waals surface area contributed by atoms with Crippen LogP contribution in [-0.4, -0.2) is 17.1 Å². The average molecular weight is 569 g/mol. The van der Waals surface area contributed by atoms with E-state index in [4.69, 9.17) is 4.98 Å². The number of nitrogens with one attached hydrogen (secondary N) is 3. The van der Waals surface area contributed by atoms with Gasteiger partial charge in [-0.3, -0.25) is 0 Å². The smallest absolute Gasteiger partial charge is 0.319 e. The van der Waals surface area contributed by atoms with Crippen LogP contribution in [0.1, 0.15) is 86.6 Å². The molecule has 4 rings (SSSR count). The zero-order chi connectivity index (χ0) is 29.2. The Morgan fingerprint density at radius 3 is 2.07 bits per heavy atom. The van der Waals surface area contributed by atoms with Gasteiger partial charge in [-0.05, 0) is 72.4 Å². The molecule has 3 aromatic carbocycles. The SMILES string of the molecule is CCC(CC)c1ccc(CC(C)NCc2ccc(-c3csc(CNC(=O)Nc4ccc(C(C)C)cc4)n3)cc2)cc1. The van der Waals surface area contributed by atoms with Gasteiger partial charge in [0.2, 0.25) is 0 Å². The standard InChI is InChI=1S/C35H44N4OS/c1-6-28(7-2)30-12-8-26(9-13-30)20-25(5)36-21-27-10-14-31(15-11-27)33-23-41-34(39-33)22-37-35(40)38-32-18-16-29(17-19-32)24(3)4/h8-19,23-25,28,36H,6-7,20-22H2,1-5H3,(H2,37,38,40). The molecule has 5 nitrogen and oxygen atoms in total. The molecule has 0 aliphatic carbocycles. The Morgan fingerprint density at radius 1 is 0.805 bits per heavy atom. The Hall–Kier alpha value is -3.48. The van der Waals surface area contributed by atoms with Gasteiger partial charge in [-0.25, -0.2) is 9.78 Å². The molecule has 0 saturated heterocycles. The van der Waals surface area contributed by atoms with Crippen molar-refractivity contribution in [2.45, 2.75) is 84.8 Å². The lowest BCUT2D eigenvalue weighted by Gasteiger charge is -2.16. The lowest BCUT2D eigenvalue weighted by atomic mass is 9.92. The number of hydrogen-bond acceptors (Lipinski definition) is 4. The van der Waals surface area contributed by atoms with E-state index in [0.29, 0.717) is 24.4 Å². The van der Waals surface area contributed by atoms with Crippen molar-refractivity contribution in [1.29, 1.82) is 0 Å². The number of urea groups is 1. The molecule has 0 bridgehead atoms. The van der Waals surface area contributed by atoms with Crippen molar-refractivity contribution in [2.75, 3.05) is 5.32 Å². The molecule has 6 heteroatoms. The van der Waals surface area contributed by atoms with E-state index in [1.165, 1.54) is 35.1 Å². The van der Waals surface area contributed by atoms with Crippen LogP contribution in [0.3, 0.4) is 0 Å². The predicted molar refractivity (Wildman–Crippen MR) is 174 cm³/mol. The van der Waals surface area contributed by atoms with Crippen LogP contribution in [0.15, 0.2) is 78.2 Å². The summed E-state index contributed by atoms with van der Waals surface area (Å²) in [7, 11) is 0. The third kappa shape index (κ3) is 9.00. The molecule has 3 N–H and O–H groups in total. The average Bonchev–Trinajstić information content (AvgIpc) is 3.46. The van der Waals surface area contributed by atoms with Gasteiger partial charge in [0.25, 0.3) is 0 Å². The number of anilines is 1. The van der Waals surface area contributed by atoms with Gasteiger partial charge in [0, 0.05) is 29.2 Å². The second kappa shape index (κ2) is 14.9. The molecule has 1 heterocycles. The molecule has 0 spiro atoms. The Balaban J connectivity index is 1.21. The number of thiazole rings is 1. The summed E-state index contributed by atoms with van der Waals surface area (Å²) in [4.78, 5) is 17.1. The van der Waals surface area contributed by atoms with E-state index < -0.39 is 0 Å².